The second-order valence-electron chi connectivity index (χ2n) is 6.39. The average molecular weight is 337 g/mol. The number of unbranched alkanes of at least 4 members (excludes halogenated alkanes) is 5. The summed E-state index contributed by atoms with van der Waals surface area (Å²) in [5.41, 5.74) is 6.48. The topological polar surface area (TPSA) is 26.0 Å². The first kappa shape index (κ1) is 18.8. The number of alkyl halides is 3. The second-order valence-corrected chi connectivity index (χ2v) is 6.39. The van der Waals surface area contributed by atoms with E-state index in [0.29, 0.717) is 6.42 Å². The van der Waals surface area contributed by atoms with Crippen LogP contribution in [0.25, 0.3) is 10.8 Å². The van der Waals surface area contributed by atoms with Crippen LogP contribution in [0.3, 0.4) is 0 Å². The molecule has 0 radical (unpaired) electrons. The molecule has 0 aliphatic carbocycles. The van der Waals surface area contributed by atoms with Crippen molar-refractivity contribution in [3.63, 3.8) is 0 Å². The molecule has 24 heavy (non-hydrogen) atoms. The maximum atomic E-state index is 13.1. The molecule has 0 unspecified atom stereocenters. The van der Waals surface area contributed by atoms with Crippen molar-refractivity contribution in [2.24, 2.45) is 5.73 Å². The highest BCUT2D eigenvalue weighted by Gasteiger charge is 2.39. The smallest absolute Gasteiger partial charge is 0.316 e. The summed E-state index contributed by atoms with van der Waals surface area (Å²) < 4.78 is 39.4. The van der Waals surface area contributed by atoms with E-state index in [1.54, 1.807) is 12.1 Å². The number of halogens is 3. The van der Waals surface area contributed by atoms with Gasteiger partial charge < -0.3 is 5.73 Å². The molecule has 2 rings (SSSR count). The Morgan fingerprint density at radius 3 is 2.29 bits per heavy atom. The van der Waals surface area contributed by atoms with E-state index in [0.717, 1.165) is 35.6 Å². The van der Waals surface area contributed by atoms with Crippen LogP contribution in [-0.4, -0.2) is 6.18 Å². The Bertz CT molecular complexity index is 649. The van der Waals surface area contributed by atoms with Crippen molar-refractivity contribution in [2.45, 2.75) is 64.1 Å². The van der Waals surface area contributed by atoms with Crippen LogP contribution in [0.4, 0.5) is 13.2 Å². The van der Waals surface area contributed by atoms with Gasteiger partial charge in [-0.25, -0.2) is 0 Å². The fourth-order valence-electron chi connectivity index (χ4n) is 3.18. The third-order valence-corrected chi connectivity index (χ3v) is 4.54. The largest absolute Gasteiger partial charge is 0.407 e. The molecular formula is C20H26F3N. The van der Waals surface area contributed by atoms with E-state index in [1.807, 2.05) is 24.3 Å². The van der Waals surface area contributed by atoms with Crippen LogP contribution >= 0.6 is 0 Å². The lowest BCUT2D eigenvalue weighted by atomic mass is 9.91. The molecule has 4 heteroatoms. The first-order chi connectivity index (χ1) is 11.4. The molecule has 0 fully saturated rings. The molecule has 132 valence electrons. The van der Waals surface area contributed by atoms with Crippen LogP contribution in [0.2, 0.25) is 0 Å². The molecule has 0 saturated heterocycles. The van der Waals surface area contributed by atoms with Crippen molar-refractivity contribution >= 4 is 10.8 Å². The molecule has 1 nitrogen and oxygen atoms in total. The zero-order valence-electron chi connectivity index (χ0n) is 14.2. The predicted octanol–water partition coefficient (Wildman–Crippen LogP) is 6.30. The Labute approximate surface area is 142 Å². The third kappa shape index (κ3) is 4.73. The summed E-state index contributed by atoms with van der Waals surface area (Å²) in [7, 11) is 0. The van der Waals surface area contributed by atoms with E-state index in [9.17, 15) is 13.2 Å². The van der Waals surface area contributed by atoms with Crippen molar-refractivity contribution in [3.05, 3.63) is 47.5 Å². The van der Waals surface area contributed by atoms with Crippen LogP contribution in [0.15, 0.2) is 36.4 Å². The minimum atomic E-state index is -4.42. The maximum absolute atomic E-state index is 13.1. The van der Waals surface area contributed by atoms with Gasteiger partial charge in [0.2, 0.25) is 0 Å². The van der Waals surface area contributed by atoms with E-state index in [4.69, 9.17) is 5.73 Å². The van der Waals surface area contributed by atoms with Gasteiger partial charge in [0.1, 0.15) is 6.04 Å². The van der Waals surface area contributed by atoms with E-state index in [2.05, 4.69) is 6.92 Å². The molecule has 0 heterocycles. The van der Waals surface area contributed by atoms with E-state index < -0.39 is 12.2 Å². The number of aryl methyl sites for hydroxylation is 1. The van der Waals surface area contributed by atoms with Gasteiger partial charge in [-0.2, -0.15) is 13.2 Å². The first-order valence-corrected chi connectivity index (χ1v) is 8.78. The number of hydrogen-bond acceptors (Lipinski definition) is 1. The molecule has 0 aromatic heterocycles. The van der Waals surface area contributed by atoms with Gasteiger partial charge in [-0.3, -0.25) is 0 Å². The summed E-state index contributed by atoms with van der Waals surface area (Å²) in [6, 6.07) is 8.97. The van der Waals surface area contributed by atoms with Crippen LogP contribution in [0.1, 0.15) is 62.6 Å². The van der Waals surface area contributed by atoms with Gasteiger partial charge in [-0.15, -0.1) is 0 Å². The Morgan fingerprint density at radius 2 is 1.58 bits per heavy atom. The molecule has 2 aromatic rings. The summed E-state index contributed by atoms with van der Waals surface area (Å²) in [6.07, 6.45) is 2.91. The van der Waals surface area contributed by atoms with Gasteiger partial charge in [0.05, 0.1) is 0 Å². The lowest BCUT2D eigenvalue weighted by molar-refractivity contribution is -0.149. The summed E-state index contributed by atoms with van der Waals surface area (Å²) >= 11 is 0. The van der Waals surface area contributed by atoms with Gasteiger partial charge in [-0.05, 0) is 34.7 Å². The zero-order valence-corrected chi connectivity index (χ0v) is 14.2. The van der Waals surface area contributed by atoms with E-state index in [1.165, 1.54) is 19.3 Å². The van der Waals surface area contributed by atoms with Gasteiger partial charge in [0.15, 0.2) is 0 Å². The molecule has 2 N–H and O–H groups in total. The number of rotatable bonds is 8. The predicted molar refractivity (Wildman–Crippen MR) is 94.0 cm³/mol. The van der Waals surface area contributed by atoms with Crippen LogP contribution < -0.4 is 5.73 Å². The highest BCUT2D eigenvalue weighted by atomic mass is 19.4. The maximum Gasteiger partial charge on any atom is 0.407 e. The minimum absolute atomic E-state index is 0.217. The Hall–Kier alpha value is -1.55. The molecule has 0 aliphatic heterocycles. The lowest BCUT2D eigenvalue weighted by Gasteiger charge is -2.21. The van der Waals surface area contributed by atoms with Crippen molar-refractivity contribution in [1.82, 2.24) is 0 Å². The molecule has 0 spiro atoms. The van der Waals surface area contributed by atoms with Crippen LogP contribution in [-0.2, 0) is 6.42 Å². The highest BCUT2D eigenvalue weighted by Crippen LogP contribution is 2.35. The lowest BCUT2D eigenvalue weighted by Crippen LogP contribution is -2.29. The molecule has 0 bridgehead atoms. The van der Waals surface area contributed by atoms with Gasteiger partial charge >= 0.3 is 6.18 Å². The van der Waals surface area contributed by atoms with Crippen molar-refractivity contribution < 1.29 is 13.2 Å². The number of hydrogen-bond donors (Lipinski definition) is 1. The standard InChI is InChI=1S/C20H26F3N/c1-2-3-4-5-6-7-12-17-16-11-9-8-10-15(16)13-14-18(17)19(24)20(21,22)23/h8-11,13-14,19H,2-7,12,24H2,1H3/t19-/m0/s1. The Morgan fingerprint density at radius 1 is 0.917 bits per heavy atom. The normalized spacial score (nSPS) is 13.4. The quantitative estimate of drug-likeness (QED) is 0.562. The molecule has 0 aliphatic rings. The molecular weight excluding hydrogens is 311 g/mol. The summed E-state index contributed by atoms with van der Waals surface area (Å²) in [5.74, 6) is 0. The summed E-state index contributed by atoms with van der Waals surface area (Å²) in [5, 5.41) is 1.86. The molecule has 2 aromatic carbocycles. The number of nitrogens with two attached hydrogens (primary N) is 1. The monoisotopic (exact) mass is 337 g/mol. The SMILES string of the molecule is CCCCCCCCc1c([C@H](N)C(F)(F)F)ccc2ccccc12. The first-order valence-electron chi connectivity index (χ1n) is 8.78. The van der Waals surface area contributed by atoms with Gasteiger partial charge in [0.25, 0.3) is 0 Å². The Balaban J connectivity index is 2.23. The molecule has 0 amide bonds. The molecule has 0 saturated carbocycles. The second kappa shape index (κ2) is 8.52. The van der Waals surface area contributed by atoms with Gasteiger partial charge in [-0.1, -0.05) is 75.4 Å². The summed E-state index contributed by atoms with van der Waals surface area (Å²) in [4.78, 5) is 0. The number of benzene rings is 2. The van der Waals surface area contributed by atoms with Crippen molar-refractivity contribution in [2.75, 3.05) is 0 Å². The fraction of sp³-hybridized carbons (Fsp3) is 0.500. The Kier molecular flexibility index (Phi) is 6.67. The van der Waals surface area contributed by atoms with E-state index >= 15 is 0 Å². The van der Waals surface area contributed by atoms with E-state index in [-0.39, 0.29) is 5.56 Å². The van der Waals surface area contributed by atoms with Gasteiger partial charge in [0, 0.05) is 0 Å². The minimum Gasteiger partial charge on any atom is -0.316 e. The van der Waals surface area contributed by atoms with Crippen molar-refractivity contribution in [3.8, 4) is 0 Å². The highest BCUT2D eigenvalue weighted by molar-refractivity contribution is 5.87. The van der Waals surface area contributed by atoms with Crippen molar-refractivity contribution in [1.29, 1.82) is 0 Å². The number of fused-ring (bicyclic) bond motifs is 1. The summed E-state index contributed by atoms with van der Waals surface area (Å²) in [6.45, 7) is 2.17. The third-order valence-electron chi connectivity index (χ3n) is 4.54. The average Bonchev–Trinajstić information content (AvgIpc) is 2.56. The molecule has 1 atom stereocenters. The fourth-order valence-corrected chi connectivity index (χ4v) is 3.18. The van der Waals surface area contributed by atoms with Crippen LogP contribution in [0.5, 0.6) is 0 Å². The van der Waals surface area contributed by atoms with Crippen LogP contribution in [0, 0.1) is 0 Å². The zero-order chi connectivity index (χ0) is 17.6.